The number of fused-ring (bicyclic) bond motifs is 1. The van der Waals surface area contributed by atoms with Gasteiger partial charge < -0.3 is 0 Å². The van der Waals surface area contributed by atoms with Crippen molar-refractivity contribution in [3.8, 4) is 28.2 Å². The number of halogens is 1. The maximum Gasteiger partial charge on any atom is 0.142 e. The molecule has 7 heteroatoms. The number of aromatic nitrogens is 6. The van der Waals surface area contributed by atoms with Crippen LogP contribution in [0.3, 0.4) is 0 Å². The molecule has 0 fully saturated rings. The zero-order valence-electron chi connectivity index (χ0n) is 15.0. The molecule has 0 saturated carbocycles. The predicted molar refractivity (Wildman–Crippen MR) is 104 cm³/mol. The molecular formula is C21H15FN6. The zero-order chi connectivity index (χ0) is 19.1. The van der Waals surface area contributed by atoms with Crippen LogP contribution in [0.25, 0.3) is 39.2 Å². The molecule has 0 aliphatic carbocycles. The quantitative estimate of drug-likeness (QED) is 0.481. The largest absolute Gasteiger partial charge is 0.283 e. The lowest BCUT2D eigenvalue weighted by Gasteiger charge is -2.07. The van der Waals surface area contributed by atoms with Crippen molar-refractivity contribution in [1.82, 2.24) is 29.3 Å². The van der Waals surface area contributed by atoms with Gasteiger partial charge in [-0.15, -0.1) is 0 Å². The summed E-state index contributed by atoms with van der Waals surface area (Å²) < 4.78 is 17.8. The van der Waals surface area contributed by atoms with Crippen molar-refractivity contribution < 1.29 is 4.39 Å². The molecule has 0 amide bonds. The number of rotatable bonds is 3. The van der Waals surface area contributed by atoms with Crippen molar-refractivity contribution in [2.75, 3.05) is 0 Å². The molecule has 2 aromatic carbocycles. The van der Waals surface area contributed by atoms with Crippen LogP contribution in [0.15, 0.2) is 73.6 Å². The van der Waals surface area contributed by atoms with Crippen LogP contribution in [0, 0.1) is 5.82 Å². The number of hydrogen-bond acceptors (Lipinski definition) is 4. The normalized spacial score (nSPS) is 11.2. The van der Waals surface area contributed by atoms with Gasteiger partial charge in [0.15, 0.2) is 0 Å². The molecule has 3 aromatic heterocycles. The maximum absolute atomic E-state index is 14.1. The van der Waals surface area contributed by atoms with Crippen LogP contribution in [0.5, 0.6) is 0 Å². The summed E-state index contributed by atoms with van der Waals surface area (Å²) in [4.78, 5) is 13.1. The van der Waals surface area contributed by atoms with E-state index in [1.54, 1.807) is 35.3 Å². The summed E-state index contributed by atoms with van der Waals surface area (Å²) in [6.07, 6.45) is 6.94. The molecule has 28 heavy (non-hydrogen) atoms. The third-order valence-electron chi connectivity index (χ3n) is 4.63. The highest BCUT2D eigenvalue weighted by Gasteiger charge is 2.11. The fraction of sp³-hybridized carbons (Fsp3) is 0.0476. The minimum Gasteiger partial charge on any atom is -0.283 e. The molecule has 5 aromatic rings. The second-order valence-electron chi connectivity index (χ2n) is 6.46. The summed E-state index contributed by atoms with van der Waals surface area (Å²) >= 11 is 0. The van der Waals surface area contributed by atoms with E-state index in [-0.39, 0.29) is 5.82 Å². The van der Waals surface area contributed by atoms with Crippen molar-refractivity contribution in [2.45, 2.75) is 0 Å². The topological polar surface area (TPSA) is 61.4 Å². The molecule has 6 nitrogen and oxygen atoms in total. The minimum absolute atomic E-state index is 0.316. The van der Waals surface area contributed by atoms with Gasteiger partial charge in [-0.1, -0.05) is 18.2 Å². The molecule has 0 spiro atoms. The summed E-state index contributed by atoms with van der Waals surface area (Å²) in [6.45, 7) is 0. The van der Waals surface area contributed by atoms with Crippen molar-refractivity contribution in [3.05, 3.63) is 79.4 Å². The molecule has 0 aliphatic rings. The molecule has 0 N–H and O–H groups in total. The van der Waals surface area contributed by atoms with Gasteiger partial charge in [0, 0.05) is 30.4 Å². The van der Waals surface area contributed by atoms with Crippen LogP contribution < -0.4 is 0 Å². The zero-order valence-corrected chi connectivity index (χ0v) is 15.0. The Balaban J connectivity index is 1.58. The lowest BCUT2D eigenvalue weighted by atomic mass is 10.1. The van der Waals surface area contributed by atoms with E-state index in [1.807, 2.05) is 42.2 Å². The Morgan fingerprint density at radius 1 is 0.929 bits per heavy atom. The summed E-state index contributed by atoms with van der Waals surface area (Å²) in [6, 6.07) is 14.4. The van der Waals surface area contributed by atoms with Gasteiger partial charge in [-0.05, 0) is 29.8 Å². The van der Waals surface area contributed by atoms with Crippen LogP contribution in [-0.4, -0.2) is 29.3 Å². The Hall–Kier alpha value is -3.87. The third kappa shape index (κ3) is 2.73. The van der Waals surface area contributed by atoms with Gasteiger partial charge in [0.2, 0.25) is 0 Å². The molecule has 0 bridgehead atoms. The van der Waals surface area contributed by atoms with Crippen molar-refractivity contribution >= 4 is 11.0 Å². The first-order valence-corrected chi connectivity index (χ1v) is 8.72. The minimum atomic E-state index is -0.316. The Morgan fingerprint density at radius 2 is 1.82 bits per heavy atom. The van der Waals surface area contributed by atoms with Crippen molar-refractivity contribution in [2.24, 2.45) is 7.05 Å². The van der Waals surface area contributed by atoms with E-state index < -0.39 is 0 Å². The Kier molecular flexibility index (Phi) is 3.72. The summed E-state index contributed by atoms with van der Waals surface area (Å²) in [5, 5.41) is 4.21. The molecule has 0 radical (unpaired) electrons. The standard InChI is InChI=1S/C21H15FN6/c1-27-11-15(10-26-27)14-6-7-20-19(8-14)25-13-28(20)21-9-18(23-12-24-21)16-4-2-3-5-17(16)22/h2-13H,1H3. The Bertz CT molecular complexity index is 1300. The Labute approximate surface area is 160 Å². The molecule has 0 atom stereocenters. The first kappa shape index (κ1) is 16.3. The van der Waals surface area contributed by atoms with E-state index in [9.17, 15) is 4.39 Å². The first-order chi connectivity index (χ1) is 13.7. The van der Waals surface area contributed by atoms with Gasteiger partial charge in [-0.25, -0.2) is 19.3 Å². The fourth-order valence-corrected chi connectivity index (χ4v) is 3.24. The number of aryl methyl sites for hydroxylation is 1. The van der Waals surface area contributed by atoms with E-state index >= 15 is 0 Å². The highest BCUT2D eigenvalue weighted by molar-refractivity contribution is 5.83. The maximum atomic E-state index is 14.1. The molecule has 3 heterocycles. The number of nitrogens with zero attached hydrogens (tertiary/aromatic N) is 6. The van der Waals surface area contributed by atoms with E-state index in [0.717, 1.165) is 22.2 Å². The second kappa shape index (κ2) is 6.38. The number of benzene rings is 2. The lowest BCUT2D eigenvalue weighted by molar-refractivity contribution is 0.630. The van der Waals surface area contributed by atoms with Gasteiger partial charge in [-0.3, -0.25) is 9.25 Å². The van der Waals surface area contributed by atoms with Crippen LogP contribution in [0.1, 0.15) is 0 Å². The molecule has 0 unspecified atom stereocenters. The summed E-state index contributed by atoms with van der Waals surface area (Å²) in [5.74, 6) is 0.314. The second-order valence-corrected chi connectivity index (χ2v) is 6.46. The van der Waals surface area contributed by atoms with Crippen LogP contribution in [0.4, 0.5) is 4.39 Å². The highest BCUT2D eigenvalue weighted by Crippen LogP contribution is 2.26. The van der Waals surface area contributed by atoms with E-state index in [0.29, 0.717) is 17.1 Å². The lowest BCUT2D eigenvalue weighted by Crippen LogP contribution is -1.98. The van der Waals surface area contributed by atoms with Gasteiger partial charge >= 0.3 is 0 Å². The molecule has 5 rings (SSSR count). The third-order valence-corrected chi connectivity index (χ3v) is 4.63. The van der Waals surface area contributed by atoms with Gasteiger partial charge in [-0.2, -0.15) is 5.10 Å². The van der Waals surface area contributed by atoms with Gasteiger partial charge in [0.05, 0.1) is 22.9 Å². The summed E-state index contributed by atoms with van der Waals surface area (Å²) in [7, 11) is 1.89. The molecule has 0 saturated heterocycles. The van der Waals surface area contributed by atoms with E-state index in [1.165, 1.54) is 12.4 Å². The van der Waals surface area contributed by atoms with Crippen molar-refractivity contribution in [3.63, 3.8) is 0 Å². The summed E-state index contributed by atoms with van der Waals surface area (Å²) in [5.41, 5.74) is 4.79. The van der Waals surface area contributed by atoms with Crippen molar-refractivity contribution in [1.29, 1.82) is 0 Å². The Morgan fingerprint density at radius 3 is 2.64 bits per heavy atom. The fourth-order valence-electron chi connectivity index (χ4n) is 3.24. The molecule has 0 aliphatic heterocycles. The predicted octanol–water partition coefficient (Wildman–Crippen LogP) is 4.02. The monoisotopic (exact) mass is 370 g/mol. The average Bonchev–Trinajstić information content (AvgIpc) is 3.34. The number of hydrogen-bond donors (Lipinski definition) is 0. The highest BCUT2D eigenvalue weighted by atomic mass is 19.1. The van der Waals surface area contributed by atoms with Crippen LogP contribution in [0.2, 0.25) is 0 Å². The first-order valence-electron chi connectivity index (χ1n) is 8.72. The smallest absolute Gasteiger partial charge is 0.142 e. The van der Waals surface area contributed by atoms with Crippen LogP contribution >= 0.6 is 0 Å². The van der Waals surface area contributed by atoms with Gasteiger partial charge in [0.1, 0.15) is 24.3 Å². The molecular weight excluding hydrogens is 355 g/mol. The SMILES string of the molecule is Cn1cc(-c2ccc3c(c2)ncn3-c2cc(-c3ccccc3F)ncn2)cn1. The number of imidazole rings is 1. The van der Waals surface area contributed by atoms with Crippen LogP contribution in [-0.2, 0) is 7.05 Å². The van der Waals surface area contributed by atoms with E-state index in [2.05, 4.69) is 20.1 Å². The average molecular weight is 370 g/mol. The van der Waals surface area contributed by atoms with E-state index in [4.69, 9.17) is 0 Å². The molecule has 136 valence electrons. The van der Waals surface area contributed by atoms with Gasteiger partial charge in [0.25, 0.3) is 0 Å².